The van der Waals surface area contributed by atoms with E-state index in [0.29, 0.717) is 0 Å². The van der Waals surface area contributed by atoms with Gasteiger partial charge < -0.3 is 4.74 Å². The Morgan fingerprint density at radius 3 is 1.69 bits per heavy atom. The molecule has 0 aromatic rings. The van der Waals surface area contributed by atoms with Crippen LogP contribution in [0, 0.1) is 5.41 Å². The molecule has 1 nitrogen and oxygen atoms in total. The van der Waals surface area contributed by atoms with E-state index in [-0.39, 0.29) is 5.41 Å². The second-order valence-electron chi connectivity index (χ2n) is 4.35. The summed E-state index contributed by atoms with van der Waals surface area (Å²) in [6.07, 6.45) is 4.12. The first-order chi connectivity index (χ1) is 7.49. The maximum atomic E-state index is 5.48. The molecule has 0 atom stereocenters. The van der Waals surface area contributed by atoms with Crippen molar-refractivity contribution < 1.29 is 4.74 Å². The van der Waals surface area contributed by atoms with Gasteiger partial charge in [-0.1, -0.05) is 48.5 Å². The number of hydrogen-bond donors (Lipinski definition) is 0. The fourth-order valence-corrected chi connectivity index (χ4v) is 0.826. The highest BCUT2D eigenvalue weighted by atomic mass is 16.5. The van der Waals surface area contributed by atoms with E-state index >= 15 is 0 Å². The van der Waals surface area contributed by atoms with E-state index in [2.05, 4.69) is 47.8 Å². The van der Waals surface area contributed by atoms with E-state index in [1.165, 1.54) is 5.57 Å². The summed E-state index contributed by atoms with van der Waals surface area (Å²) in [6.45, 7) is 21.7. The van der Waals surface area contributed by atoms with Crippen LogP contribution in [0.3, 0.4) is 0 Å². The van der Waals surface area contributed by atoms with Gasteiger partial charge in [0.05, 0.1) is 12.9 Å². The average Bonchev–Trinajstić information content (AvgIpc) is 2.28. The van der Waals surface area contributed by atoms with Gasteiger partial charge in [-0.2, -0.15) is 0 Å². The molecule has 0 fully saturated rings. The summed E-state index contributed by atoms with van der Waals surface area (Å²) in [5.74, 6) is 0. The van der Waals surface area contributed by atoms with Crippen molar-refractivity contribution in [3.05, 3.63) is 25.0 Å². The maximum absolute atomic E-state index is 5.48. The molecular weight excluding hydrogens is 196 g/mol. The molecule has 0 aliphatic heterocycles. The van der Waals surface area contributed by atoms with Crippen molar-refractivity contribution in [1.82, 2.24) is 0 Å². The van der Waals surface area contributed by atoms with Crippen molar-refractivity contribution in [2.24, 2.45) is 5.41 Å². The van der Waals surface area contributed by atoms with Crippen LogP contribution < -0.4 is 0 Å². The van der Waals surface area contributed by atoms with Gasteiger partial charge in [-0.3, -0.25) is 0 Å². The molecule has 0 unspecified atom stereocenters. The first kappa shape index (κ1) is 20.7. The lowest BCUT2D eigenvalue weighted by atomic mass is 9.99. The minimum Gasteiger partial charge on any atom is -0.501 e. The Morgan fingerprint density at radius 1 is 1.06 bits per heavy atom. The summed E-state index contributed by atoms with van der Waals surface area (Å²) in [5.41, 5.74) is 1.66. The monoisotopic (exact) mass is 228 g/mol. The molecule has 0 spiro atoms. The zero-order valence-corrected chi connectivity index (χ0v) is 12.5. The van der Waals surface area contributed by atoms with Crippen LogP contribution in [0.1, 0.15) is 61.3 Å². The van der Waals surface area contributed by atoms with Gasteiger partial charge in [0.15, 0.2) is 0 Å². The Morgan fingerprint density at radius 2 is 1.44 bits per heavy atom. The van der Waals surface area contributed by atoms with Crippen LogP contribution in [0.4, 0.5) is 0 Å². The van der Waals surface area contributed by atoms with Gasteiger partial charge in [-0.05, 0) is 23.8 Å². The van der Waals surface area contributed by atoms with E-state index in [4.69, 9.17) is 4.74 Å². The molecule has 0 aromatic heterocycles. The topological polar surface area (TPSA) is 9.23 Å². The third-order valence-corrected chi connectivity index (χ3v) is 1.67. The van der Waals surface area contributed by atoms with Gasteiger partial charge in [0.1, 0.15) is 0 Å². The van der Waals surface area contributed by atoms with Gasteiger partial charge in [0.2, 0.25) is 0 Å². The van der Waals surface area contributed by atoms with Crippen molar-refractivity contribution in [2.75, 3.05) is 6.61 Å². The minimum atomic E-state index is 0.267. The number of rotatable bonds is 4. The van der Waals surface area contributed by atoms with Gasteiger partial charge >= 0.3 is 0 Å². The molecule has 0 rings (SSSR count). The molecule has 0 aromatic carbocycles. The summed E-state index contributed by atoms with van der Waals surface area (Å²) >= 11 is 0. The molecule has 0 N–H and O–H groups in total. The lowest BCUT2D eigenvalue weighted by Crippen LogP contribution is -2.12. The molecule has 0 saturated carbocycles. The molecule has 0 radical (unpaired) electrons. The van der Waals surface area contributed by atoms with Gasteiger partial charge in [-0.25, -0.2) is 0 Å². The zero-order valence-electron chi connectivity index (χ0n) is 12.5. The average molecular weight is 228 g/mol. The van der Waals surface area contributed by atoms with Crippen LogP contribution >= 0.6 is 0 Å². The third-order valence-electron chi connectivity index (χ3n) is 1.67. The van der Waals surface area contributed by atoms with Crippen molar-refractivity contribution in [2.45, 2.75) is 61.3 Å². The van der Waals surface area contributed by atoms with Gasteiger partial charge in [0.25, 0.3) is 0 Å². The third kappa shape index (κ3) is 18.9. The maximum Gasteiger partial charge on any atom is 0.0921 e. The molecule has 16 heavy (non-hydrogen) atoms. The molecule has 0 bridgehead atoms. The van der Waals surface area contributed by atoms with Gasteiger partial charge in [0, 0.05) is 0 Å². The van der Waals surface area contributed by atoms with E-state index in [0.717, 1.165) is 19.4 Å². The second-order valence-corrected chi connectivity index (χ2v) is 4.35. The smallest absolute Gasteiger partial charge is 0.0921 e. The summed E-state index contributed by atoms with van der Waals surface area (Å²) in [7, 11) is 0. The van der Waals surface area contributed by atoms with Crippen molar-refractivity contribution in [3.63, 3.8) is 0 Å². The Hall–Kier alpha value is -0.720. The minimum absolute atomic E-state index is 0.267. The summed E-state index contributed by atoms with van der Waals surface area (Å²) in [6, 6.07) is 0. The van der Waals surface area contributed by atoms with Crippen molar-refractivity contribution >= 4 is 0 Å². The lowest BCUT2D eigenvalue weighted by Gasteiger charge is -2.17. The van der Waals surface area contributed by atoms with Crippen LogP contribution in [0.2, 0.25) is 0 Å². The van der Waals surface area contributed by atoms with E-state index < -0.39 is 0 Å². The van der Waals surface area contributed by atoms with Crippen LogP contribution in [-0.2, 0) is 4.74 Å². The normalized spacial score (nSPS) is 8.94. The Kier molecular flexibility index (Phi) is 18.4. The van der Waals surface area contributed by atoms with E-state index in [1.54, 1.807) is 0 Å². The van der Waals surface area contributed by atoms with Crippen molar-refractivity contribution in [3.8, 4) is 0 Å². The quantitative estimate of drug-likeness (QED) is 0.451. The largest absolute Gasteiger partial charge is 0.501 e. The molecule has 0 aliphatic rings. The van der Waals surface area contributed by atoms with E-state index in [1.807, 2.05) is 20.1 Å². The van der Waals surface area contributed by atoms with E-state index in [9.17, 15) is 0 Å². The molecular formula is C15H32O. The molecule has 0 saturated heterocycles. The highest BCUT2D eigenvalue weighted by Crippen LogP contribution is 2.14. The predicted molar refractivity (Wildman–Crippen MR) is 76.7 cm³/mol. The molecule has 0 aliphatic carbocycles. The summed E-state index contributed by atoms with van der Waals surface area (Å²) in [4.78, 5) is 0. The molecule has 98 valence electrons. The molecule has 0 heterocycles. The predicted octanol–water partition coefficient (Wildman–Crippen LogP) is 5.58. The van der Waals surface area contributed by atoms with Gasteiger partial charge in [-0.15, -0.1) is 13.2 Å². The number of hydrogen-bond acceptors (Lipinski definition) is 1. The first-order valence-corrected chi connectivity index (χ1v) is 6.29. The SMILES string of the molecule is C=C.CC.CCC(=COCC(C)(C)C)CC. The Bertz CT molecular complexity index is 145. The van der Waals surface area contributed by atoms with Crippen LogP contribution in [0.15, 0.2) is 25.0 Å². The fourth-order valence-electron chi connectivity index (χ4n) is 0.826. The zero-order chi connectivity index (χ0) is 13.6. The van der Waals surface area contributed by atoms with Crippen molar-refractivity contribution in [1.29, 1.82) is 0 Å². The molecule has 1 heteroatoms. The number of allylic oxidation sites excluding steroid dienone is 1. The second kappa shape index (κ2) is 14.3. The Labute approximate surface area is 104 Å². The van der Waals surface area contributed by atoms with Crippen LogP contribution in [0.5, 0.6) is 0 Å². The fraction of sp³-hybridized carbons (Fsp3) is 0.733. The summed E-state index contributed by atoms with van der Waals surface area (Å²) < 4.78 is 5.48. The van der Waals surface area contributed by atoms with Crippen LogP contribution in [0.25, 0.3) is 0 Å². The van der Waals surface area contributed by atoms with Crippen LogP contribution in [-0.4, -0.2) is 6.61 Å². The first-order valence-electron chi connectivity index (χ1n) is 6.29. The lowest BCUT2D eigenvalue weighted by molar-refractivity contribution is 0.149. The highest BCUT2D eigenvalue weighted by molar-refractivity contribution is 4.95. The number of ether oxygens (including phenoxy) is 1. The standard InChI is InChI=1S/C11H22O.C2H6.C2H4/c1-6-10(7-2)8-12-9-11(3,4)5;2*1-2/h8H,6-7,9H2,1-5H3;1-2H3;1-2H2. The highest BCUT2D eigenvalue weighted by Gasteiger charge is 2.09. The molecule has 0 amide bonds. The summed E-state index contributed by atoms with van der Waals surface area (Å²) in [5, 5.41) is 0. The Balaban J connectivity index is -0.000000376.